The van der Waals surface area contributed by atoms with E-state index in [2.05, 4.69) is 4.98 Å². The average molecular weight is 226 g/mol. The van der Waals surface area contributed by atoms with Crippen LogP contribution in [0, 0.1) is 5.92 Å². The molecule has 4 nitrogen and oxygen atoms in total. The van der Waals surface area contributed by atoms with E-state index in [1.165, 1.54) is 11.3 Å². The van der Waals surface area contributed by atoms with Crippen LogP contribution < -0.4 is 0 Å². The Morgan fingerprint density at radius 2 is 2.53 bits per heavy atom. The summed E-state index contributed by atoms with van der Waals surface area (Å²) in [7, 11) is 0. The molecular weight excluding hydrogens is 212 g/mol. The molecule has 15 heavy (non-hydrogen) atoms. The van der Waals surface area contributed by atoms with Gasteiger partial charge in [-0.15, -0.1) is 11.3 Å². The number of aromatic nitrogens is 1. The van der Waals surface area contributed by atoms with Gasteiger partial charge in [-0.1, -0.05) is 6.92 Å². The molecule has 5 heteroatoms. The maximum absolute atomic E-state index is 11.9. The molecule has 0 radical (unpaired) electrons. The van der Waals surface area contributed by atoms with Crippen LogP contribution in [0.25, 0.3) is 0 Å². The Morgan fingerprint density at radius 1 is 1.73 bits per heavy atom. The first-order valence-electron chi connectivity index (χ1n) is 5.04. The first kappa shape index (κ1) is 10.6. The molecular formula is C10H14N2O2S. The SMILES string of the molecule is CC1CN(C(=O)c2cscn2)CCC1O. The highest BCUT2D eigenvalue weighted by Gasteiger charge is 2.28. The van der Waals surface area contributed by atoms with Crippen LogP contribution in [0.1, 0.15) is 23.8 Å². The summed E-state index contributed by atoms with van der Waals surface area (Å²) >= 11 is 1.43. The Balaban J connectivity index is 2.03. The van der Waals surface area contributed by atoms with E-state index in [0.29, 0.717) is 25.2 Å². The highest BCUT2D eigenvalue weighted by molar-refractivity contribution is 7.07. The van der Waals surface area contributed by atoms with Gasteiger partial charge in [-0.3, -0.25) is 4.79 Å². The molecule has 1 aromatic rings. The smallest absolute Gasteiger partial charge is 0.273 e. The number of carbonyl (C=O) groups excluding carboxylic acids is 1. The van der Waals surface area contributed by atoms with Gasteiger partial charge in [0.25, 0.3) is 5.91 Å². The number of hydrogen-bond donors (Lipinski definition) is 1. The molecule has 0 spiro atoms. The number of nitrogens with zero attached hydrogens (tertiary/aromatic N) is 2. The van der Waals surface area contributed by atoms with Crippen molar-refractivity contribution >= 4 is 17.2 Å². The van der Waals surface area contributed by atoms with Gasteiger partial charge in [-0.05, 0) is 12.3 Å². The highest BCUT2D eigenvalue weighted by Crippen LogP contribution is 2.18. The van der Waals surface area contributed by atoms with Crippen LogP contribution in [0.3, 0.4) is 0 Å². The summed E-state index contributed by atoms with van der Waals surface area (Å²) in [5.41, 5.74) is 2.18. The Labute approximate surface area is 92.6 Å². The molecule has 2 heterocycles. The topological polar surface area (TPSA) is 53.4 Å². The van der Waals surface area contributed by atoms with Crippen molar-refractivity contribution in [1.82, 2.24) is 9.88 Å². The summed E-state index contributed by atoms with van der Waals surface area (Å²) in [6.45, 7) is 3.21. The van der Waals surface area contributed by atoms with Crippen LogP contribution in [0.5, 0.6) is 0 Å². The van der Waals surface area contributed by atoms with Gasteiger partial charge >= 0.3 is 0 Å². The zero-order valence-electron chi connectivity index (χ0n) is 8.59. The largest absolute Gasteiger partial charge is 0.393 e. The van der Waals surface area contributed by atoms with Gasteiger partial charge in [-0.25, -0.2) is 4.98 Å². The molecule has 82 valence electrons. The lowest BCUT2D eigenvalue weighted by Crippen LogP contribution is -2.45. The van der Waals surface area contributed by atoms with E-state index < -0.39 is 0 Å². The van der Waals surface area contributed by atoms with Crippen molar-refractivity contribution in [3.05, 3.63) is 16.6 Å². The van der Waals surface area contributed by atoms with Crippen molar-refractivity contribution in [3.8, 4) is 0 Å². The fraction of sp³-hybridized carbons (Fsp3) is 0.600. The van der Waals surface area contributed by atoms with Crippen molar-refractivity contribution < 1.29 is 9.90 Å². The zero-order chi connectivity index (χ0) is 10.8. The van der Waals surface area contributed by atoms with Crippen molar-refractivity contribution in [3.63, 3.8) is 0 Å². The number of carbonyl (C=O) groups is 1. The summed E-state index contributed by atoms with van der Waals surface area (Å²) in [4.78, 5) is 17.7. The summed E-state index contributed by atoms with van der Waals surface area (Å²) in [5, 5.41) is 11.3. The molecule has 0 saturated carbocycles. The molecule has 2 atom stereocenters. The molecule has 1 aromatic heterocycles. The fourth-order valence-electron chi connectivity index (χ4n) is 1.80. The highest BCUT2D eigenvalue weighted by atomic mass is 32.1. The molecule has 1 fully saturated rings. The van der Waals surface area contributed by atoms with Crippen molar-refractivity contribution in [2.24, 2.45) is 5.92 Å². The molecule has 2 unspecified atom stereocenters. The number of aliphatic hydroxyl groups is 1. The molecule has 0 bridgehead atoms. The molecule has 0 aromatic carbocycles. The first-order valence-corrected chi connectivity index (χ1v) is 5.98. The van der Waals surface area contributed by atoms with Crippen LogP contribution in [-0.2, 0) is 0 Å². The normalized spacial score (nSPS) is 26.7. The third-order valence-electron chi connectivity index (χ3n) is 2.80. The Hall–Kier alpha value is -0.940. The molecule has 1 aliphatic heterocycles. The fourth-order valence-corrected chi connectivity index (χ4v) is 2.32. The van der Waals surface area contributed by atoms with Crippen LogP contribution in [0.4, 0.5) is 0 Å². The second kappa shape index (κ2) is 4.28. The Morgan fingerprint density at radius 3 is 3.13 bits per heavy atom. The van der Waals surface area contributed by atoms with E-state index in [4.69, 9.17) is 0 Å². The summed E-state index contributed by atoms with van der Waals surface area (Å²) in [6, 6.07) is 0. The predicted molar refractivity (Wildman–Crippen MR) is 57.8 cm³/mol. The number of hydrogen-bond acceptors (Lipinski definition) is 4. The molecule has 0 aliphatic carbocycles. The van der Waals surface area contributed by atoms with Gasteiger partial charge in [0.05, 0.1) is 11.6 Å². The van der Waals surface area contributed by atoms with Gasteiger partial charge in [-0.2, -0.15) is 0 Å². The number of rotatable bonds is 1. The lowest BCUT2D eigenvalue weighted by atomic mass is 9.96. The minimum absolute atomic E-state index is 0.0185. The molecule has 1 saturated heterocycles. The number of amides is 1. The van der Waals surface area contributed by atoms with E-state index in [9.17, 15) is 9.90 Å². The van der Waals surface area contributed by atoms with Gasteiger partial charge in [0, 0.05) is 18.5 Å². The van der Waals surface area contributed by atoms with Crippen LogP contribution in [-0.4, -0.2) is 40.1 Å². The number of aliphatic hydroxyl groups excluding tert-OH is 1. The second-order valence-electron chi connectivity index (χ2n) is 3.96. The maximum atomic E-state index is 11.9. The van der Waals surface area contributed by atoms with Crippen LogP contribution in [0.2, 0.25) is 0 Å². The number of likely N-dealkylation sites (tertiary alicyclic amines) is 1. The minimum atomic E-state index is -0.274. The minimum Gasteiger partial charge on any atom is -0.393 e. The second-order valence-corrected chi connectivity index (χ2v) is 4.68. The number of thiazole rings is 1. The van der Waals surface area contributed by atoms with E-state index >= 15 is 0 Å². The number of piperidine rings is 1. The maximum Gasteiger partial charge on any atom is 0.273 e. The van der Waals surface area contributed by atoms with Crippen molar-refractivity contribution in [2.75, 3.05) is 13.1 Å². The van der Waals surface area contributed by atoms with E-state index in [1.54, 1.807) is 15.8 Å². The van der Waals surface area contributed by atoms with E-state index in [1.807, 2.05) is 6.92 Å². The summed E-state index contributed by atoms with van der Waals surface area (Å²) < 4.78 is 0. The molecule has 1 amide bonds. The predicted octanol–water partition coefficient (Wildman–Crippen LogP) is 0.986. The lowest BCUT2D eigenvalue weighted by molar-refractivity contribution is 0.0294. The third kappa shape index (κ3) is 2.18. The molecule has 1 aliphatic rings. The van der Waals surface area contributed by atoms with Crippen LogP contribution >= 0.6 is 11.3 Å². The monoisotopic (exact) mass is 226 g/mol. The standard InChI is InChI=1S/C10H14N2O2S/c1-7-4-12(3-2-9(7)13)10(14)8-5-15-6-11-8/h5-7,9,13H,2-4H2,1H3. The van der Waals surface area contributed by atoms with Gasteiger partial charge < -0.3 is 10.0 Å². The first-order chi connectivity index (χ1) is 7.18. The quantitative estimate of drug-likeness (QED) is 0.777. The van der Waals surface area contributed by atoms with E-state index in [0.717, 1.165) is 0 Å². The molecule has 1 N–H and O–H groups in total. The zero-order valence-corrected chi connectivity index (χ0v) is 9.41. The van der Waals surface area contributed by atoms with Gasteiger partial charge in [0.2, 0.25) is 0 Å². The van der Waals surface area contributed by atoms with Crippen molar-refractivity contribution in [1.29, 1.82) is 0 Å². The van der Waals surface area contributed by atoms with Crippen molar-refractivity contribution in [2.45, 2.75) is 19.4 Å². The average Bonchev–Trinajstić information content (AvgIpc) is 2.74. The Kier molecular flexibility index (Phi) is 3.02. The van der Waals surface area contributed by atoms with E-state index in [-0.39, 0.29) is 17.9 Å². The van der Waals surface area contributed by atoms with Gasteiger partial charge in [0.15, 0.2) is 0 Å². The lowest BCUT2D eigenvalue weighted by Gasteiger charge is -2.33. The summed E-state index contributed by atoms with van der Waals surface area (Å²) in [6.07, 6.45) is 0.390. The molecule has 2 rings (SSSR count). The third-order valence-corrected chi connectivity index (χ3v) is 3.39. The Bertz CT molecular complexity index is 339. The van der Waals surface area contributed by atoms with Crippen LogP contribution in [0.15, 0.2) is 10.9 Å². The van der Waals surface area contributed by atoms with Gasteiger partial charge in [0.1, 0.15) is 5.69 Å². The summed E-state index contributed by atoms with van der Waals surface area (Å²) in [5.74, 6) is 0.135.